The van der Waals surface area contributed by atoms with E-state index in [0.29, 0.717) is 19.7 Å². The highest BCUT2D eigenvalue weighted by molar-refractivity contribution is 7.98. The van der Waals surface area contributed by atoms with Gasteiger partial charge in [0.05, 0.1) is 18.8 Å². The first kappa shape index (κ1) is 15.6. The molecule has 4 nitrogen and oxygen atoms in total. The molecular weight excluding hydrogens is 248 g/mol. The number of nitrogens with zero attached hydrogens (tertiary/aromatic N) is 1. The average Bonchev–Trinajstić information content (AvgIpc) is 2.38. The summed E-state index contributed by atoms with van der Waals surface area (Å²) in [4.78, 5) is 14.1. The molecule has 2 amide bonds. The number of rotatable bonds is 5. The summed E-state index contributed by atoms with van der Waals surface area (Å²) >= 11 is 1.77. The number of ether oxygens (including phenoxy) is 1. The molecule has 1 aliphatic heterocycles. The van der Waals surface area contributed by atoms with Crippen LogP contribution in [0.15, 0.2) is 0 Å². The summed E-state index contributed by atoms with van der Waals surface area (Å²) in [5.74, 6) is 0.970. The minimum absolute atomic E-state index is 0.0545. The SMILES string of the molecule is CCC(CSC)NC(=O)N1CCOC(C)(CC)C1. The Morgan fingerprint density at radius 1 is 1.56 bits per heavy atom. The van der Waals surface area contributed by atoms with Crippen molar-refractivity contribution in [3.63, 3.8) is 0 Å². The maximum absolute atomic E-state index is 12.2. The standard InChI is InChI=1S/C13H26N2O2S/c1-5-11(9-18-4)14-12(16)15-7-8-17-13(3,6-2)10-15/h11H,5-10H2,1-4H3,(H,14,16). The lowest BCUT2D eigenvalue weighted by atomic mass is 10.0. The summed E-state index contributed by atoms with van der Waals surface area (Å²) in [7, 11) is 0. The number of morpholine rings is 1. The average molecular weight is 274 g/mol. The van der Waals surface area contributed by atoms with Crippen LogP contribution in [0.4, 0.5) is 4.79 Å². The number of carbonyl (C=O) groups excluding carboxylic acids is 1. The molecule has 1 aliphatic rings. The first-order valence-corrected chi connectivity index (χ1v) is 8.12. The van der Waals surface area contributed by atoms with E-state index in [1.807, 2.05) is 4.90 Å². The molecule has 1 rings (SSSR count). The van der Waals surface area contributed by atoms with E-state index in [2.05, 4.69) is 32.3 Å². The Morgan fingerprint density at radius 2 is 2.28 bits per heavy atom. The monoisotopic (exact) mass is 274 g/mol. The number of hydrogen-bond donors (Lipinski definition) is 1. The molecule has 1 fully saturated rings. The normalized spacial score (nSPS) is 25.9. The topological polar surface area (TPSA) is 41.6 Å². The van der Waals surface area contributed by atoms with E-state index in [4.69, 9.17) is 4.74 Å². The number of amides is 2. The lowest BCUT2D eigenvalue weighted by Gasteiger charge is -2.40. The van der Waals surface area contributed by atoms with Crippen LogP contribution in [0.1, 0.15) is 33.6 Å². The van der Waals surface area contributed by atoms with Crippen molar-refractivity contribution >= 4 is 17.8 Å². The van der Waals surface area contributed by atoms with Crippen LogP contribution in [0.25, 0.3) is 0 Å². The molecule has 0 spiro atoms. The van der Waals surface area contributed by atoms with Gasteiger partial charge >= 0.3 is 6.03 Å². The highest BCUT2D eigenvalue weighted by Crippen LogP contribution is 2.21. The Hall–Kier alpha value is -0.420. The van der Waals surface area contributed by atoms with E-state index >= 15 is 0 Å². The quantitative estimate of drug-likeness (QED) is 0.836. The van der Waals surface area contributed by atoms with E-state index in [9.17, 15) is 4.79 Å². The minimum Gasteiger partial charge on any atom is -0.372 e. The molecule has 0 aromatic heterocycles. The predicted octanol–water partition coefficient (Wildman–Crippen LogP) is 2.34. The third-order valence-corrected chi connectivity index (χ3v) is 4.30. The van der Waals surface area contributed by atoms with Gasteiger partial charge in [0.25, 0.3) is 0 Å². The summed E-state index contributed by atoms with van der Waals surface area (Å²) < 4.78 is 5.75. The molecular formula is C13H26N2O2S. The minimum atomic E-state index is -0.184. The van der Waals surface area contributed by atoms with Gasteiger partial charge in [-0.05, 0) is 26.0 Å². The fourth-order valence-corrected chi connectivity index (χ4v) is 2.77. The summed E-state index contributed by atoms with van der Waals surface area (Å²) in [5, 5.41) is 3.11. The smallest absolute Gasteiger partial charge is 0.317 e. The molecule has 2 atom stereocenters. The van der Waals surface area contributed by atoms with Gasteiger partial charge in [0.2, 0.25) is 0 Å². The van der Waals surface area contributed by atoms with E-state index in [1.165, 1.54) is 0 Å². The maximum Gasteiger partial charge on any atom is 0.317 e. The zero-order valence-corrected chi connectivity index (χ0v) is 12.8. The first-order valence-electron chi connectivity index (χ1n) is 6.73. The molecule has 2 unspecified atom stereocenters. The largest absolute Gasteiger partial charge is 0.372 e. The molecule has 0 aromatic rings. The van der Waals surface area contributed by atoms with Gasteiger partial charge in [0.1, 0.15) is 0 Å². The predicted molar refractivity (Wildman–Crippen MR) is 77.2 cm³/mol. The van der Waals surface area contributed by atoms with Crippen LogP contribution >= 0.6 is 11.8 Å². The molecule has 0 aliphatic carbocycles. The van der Waals surface area contributed by atoms with Crippen molar-refractivity contribution in [1.82, 2.24) is 10.2 Å². The van der Waals surface area contributed by atoms with Crippen LogP contribution in [0.3, 0.4) is 0 Å². The molecule has 18 heavy (non-hydrogen) atoms. The van der Waals surface area contributed by atoms with Gasteiger partial charge in [-0.3, -0.25) is 0 Å². The van der Waals surface area contributed by atoms with Crippen molar-refractivity contribution < 1.29 is 9.53 Å². The van der Waals surface area contributed by atoms with E-state index < -0.39 is 0 Å². The number of carbonyl (C=O) groups is 1. The molecule has 1 saturated heterocycles. The van der Waals surface area contributed by atoms with Crippen molar-refractivity contribution in [3.8, 4) is 0 Å². The Balaban J connectivity index is 2.50. The van der Waals surface area contributed by atoms with Crippen molar-refractivity contribution in [2.24, 2.45) is 0 Å². The van der Waals surface area contributed by atoms with Crippen LogP contribution in [-0.2, 0) is 4.74 Å². The number of hydrogen-bond acceptors (Lipinski definition) is 3. The van der Waals surface area contributed by atoms with Crippen LogP contribution < -0.4 is 5.32 Å². The fourth-order valence-electron chi connectivity index (χ4n) is 2.05. The summed E-state index contributed by atoms with van der Waals surface area (Å²) in [5.41, 5.74) is -0.184. The fraction of sp³-hybridized carbons (Fsp3) is 0.923. The van der Waals surface area contributed by atoms with Crippen molar-refractivity contribution in [2.75, 3.05) is 31.7 Å². The van der Waals surface area contributed by atoms with Crippen LogP contribution in [0.2, 0.25) is 0 Å². The Kier molecular flexibility index (Phi) is 6.29. The molecule has 0 saturated carbocycles. The Labute approximate surface area is 115 Å². The van der Waals surface area contributed by atoms with Gasteiger partial charge in [-0.25, -0.2) is 4.79 Å². The molecule has 5 heteroatoms. The zero-order valence-electron chi connectivity index (χ0n) is 12.0. The van der Waals surface area contributed by atoms with Crippen LogP contribution in [0.5, 0.6) is 0 Å². The van der Waals surface area contributed by atoms with E-state index in [1.54, 1.807) is 11.8 Å². The molecule has 0 radical (unpaired) electrons. The third-order valence-electron chi connectivity index (χ3n) is 3.56. The van der Waals surface area contributed by atoms with Crippen LogP contribution in [0, 0.1) is 0 Å². The molecule has 0 aromatic carbocycles. The van der Waals surface area contributed by atoms with Crippen molar-refractivity contribution in [3.05, 3.63) is 0 Å². The first-order chi connectivity index (χ1) is 8.54. The molecule has 1 N–H and O–H groups in total. The zero-order chi connectivity index (χ0) is 13.6. The number of thioether (sulfide) groups is 1. The van der Waals surface area contributed by atoms with Crippen molar-refractivity contribution in [1.29, 1.82) is 0 Å². The second-order valence-electron chi connectivity index (χ2n) is 5.08. The van der Waals surface area contributed by atoms with Gasteiger partial charge in [0.15, 0.2) is 0 Å². The molecule has 1 heterocycles. The number of urea groups is 1. The molecule has 0 bridgehead atoms. The maximum atomic E-state index is 12.2. The van der Waals surface area contributed by atoms with Gasteiger partial charge < -0.3 is 15.0 Å². The van der Waals surface area contributed by atoms with Crippen molar-refractivity contribution in [2.45, 2.75) is 45.3 Å². The summed E-state index contributed by atoms with van der Waals surface area (Å²) in [6, 6.07) is 0.321. The van der Waals surface area contributed by atoms with E-state index in [-0.39, 0.29) is 17.7 Å². The van der Waals surface area contributed by atoms with Gasteiger partial charge in [-0.1, -0.05) is 13.8 Å². The Bertz CT molecular complexity index is 276. The van der Waals surface area contributed by atoms with E-state index in [0.717, 1.165) is 18.6 Å². The second kappa shape index (κ2) is 7.24. The summed E-state index contributed by atoms with van der Waals surface area (Å²) in [6.45, 7) is 8.30. The molecule has 106 valence electrons. The van der Waals surface area contributed by atoms with Crippen LogP contribution in [-0.4, -0.2) is 54.3 Å². The highest BCUT2D eigenvalue weighted by Gasteiger charge is 2.32. The van der Waals surface area contributed by atoms with Gasteiger partial charge in [-0.2, -0.15) is 11.8 Å². The number of nitrogens with one attached hydrogen (secondary N) is 1. The summed E-state index contributed by atoms with van der Waals surface area (Å²) in [6.07, 6.45) is 3.97. The highest BCUT2D eigenvalue weighted by atomic mass is 32.2. The third kappa shape index (κ3) is 4.35. The lowest BCUT2D eigenvalue weighted by Crippen LogP contribution is -2.56. The lowest BCUT2D eigenvalue weighted by molar-refractivity contribution is -0.0874. The Morgan fingerprint density at radius 3 is 2.83 bits per heavy atom. The van der Waals surface area contributed by atoms with Gasteiger partial charge in [0, 0.05) is 18.3 Å². The second-order valence-corrected chi connectivity index (χ2v) is 5.99. The van der Waals surface area contributed by atoms with Gasteiger partial charge in [-0.15, -0.1) is 0 Å².